The molecule has 2 saturated heterocycles. The van der Waals surface area contributed by atoms with Crippen LogP contribution in [-0.2, 0) is 35.4 Å². The first-order valence-electron chi connectivity index (χ1n) is 28.2. The first-order chi connectivity index (χ1) is 38.4. The number of piperidine rings is 1. The molecule has 3 N–H and O–H groups in total. The van der Waals surface area contributed by atoms with Gasteiger partial charge in [-0.2, -0.15) is 0 Å². The van der Waals surface area contributed by atoms with Gasteiger partial charge in [0.2, 0.25) is 0 Å². The Hall–Kier alpha value is -8.00. The van der Waals surface area contributed by atoms with E-state index in [1.54, 1.807) is 4.90 Å². The van der Waals surface area contributed by atoms with Gasteiger partial charge in [0.15, 0.2) is 11.6 Å². The number of benzene rings is 6. The Morgan fingerprint density at radius 2 is 0.975 bits per heavy atom. The summed E-state index contributed by atoms with van der Waals surface area (Å²) in [5, 5.41) is 4.96. The van der Waals surface area contributed by atoms with Crippen molar-refractivity contribution in [3.8, 4) is 22.3 Å². The molecule has 0 bridgehead atoms. The standard InChI is InChI=1S/C38H46N4O5.C29H31N3O/c1-37(2,3)46-35(44)39-32-14-12-28(27-10-8-7-9-11-27)24-31(32)26-34(43)30-13-15-33-29(25-30)16-17-41(33)21-18-40-19-22-42(23-20-40)36(45)47-38(4,5)6;30-27-11-9-23(22-7-3-1-4-8-22)19-26(27)21-29(33)25-10-12-28-24(20-25)13-16-32(28)18-17-31-14-5-2-6-15-31/h7-17,24-25H,18-23,26H2,1-6H3,(H,39,44);1,3-4,7-13,16,19-20H,2,5-6,14-15,17-18,21,30H2. The molecule has 0 saturated carbocycles. The van der Waals surface area contributed by atoms with Crippen LogP contribution in [0, 0.1) is 0 Å². The van der Waals surface area contributed by atoms with E-state index < -0.39 is 17.3 Å². The fraction of sp³-hybridized carbons (Fsp3) is 0.343. The zero-order valence-electron chi connectivity index (χ0n) is 47.4. The van der Waals surface area contributed by atoms with E-state index in [1.165, 1.54) is 37.9 Å². The third-order valence-corrected chi connectivity index (χ3v) is 14.8. The number of fused-ring (bicyclic) bond motifs is 2. The van der Waals surface area contributed by atoms with Crippen molar-refractivity contribution in [1.29, 1.82) is 0 Å². The lowest BCUT2D eigenvalue weighted by Crippen LogP contribution is -2.50. The zero-order chi connectivity index (χ0) is 56.4. The molecule has 0 atom stereocenters. The Kier molecular flexibility index (Phi) is 18.0. The molecule has 13 heteroatoms. The molecule has 80 heavy (non-hydrogen) atoms. The third-order valence-electron chi connectivity index (χ3n) is 14.8. The second-order valence-corrected chi connectivity index (χ2v) is 23.1. The second kappa shape index (κ2) is 25.4. The number of aromatic nitrogens is 2. The molecule has 2 aliphatic heterocycles. The fourth-order valence-corrected chi connectivity index (χ4v) is 10.5. The zero-order valence-corrected chi connectivity index (χ0v) is 47.4. The van der Waals surface area contributed by atoms with Crippen molar-refractivity contribution in [2.75, 3.05) is 63.4 Å². The minimum absolute atomic E-state index is 0.0417. The number of anilines is 2. The van der Waals surface area contributed by atoms with Crippen LogP contribution < -0.4 is 11.1 Å². The monoisotopic (exact) mass is 1080 g/mol. The van der Waals surface area contributed by atoms with Crippen LogP contribution in [0.2, 0.25) is 0 Å². The van der Waals surface area contributed by atoms with Gasteiger partial charge in [-0.3, -0.25) is 19.8 Å². The van der Waals surface area contributed by atoms with E-state index in [4.69, 9.17) is 15.2 Å². The van der Waals surface area contributed by atoms with E-state index in [-0.39, 0.29) is 24.1 Å². The highest BCUT2D eigenvalue weighted by Gasteiger charge is 2.26. The van der Waals surface area contributed by atoms with E-state index in [2.05, 4.69) is 60.9 Å². The molecule has 0 aliphatic carbocycles. The number of rotatable bonds is 15. The van der Waals surface area contributed by atoms with Gasteiger partial charge >= 0.3 is 12.2 Å². The SMILES string of the molecule is CC(C)(C)OC(=O)Nc1ccc(-c2ccccc2)cc1CC(=O)c1ccc2c(ccn2CCN2CCN(C(=O)OC(C)(C)C)CC2)c1.Nc1ccc(-c2ccccc2)cc1CC(=O)c1ccc2c(ccn2CCN2CCCCC2)c1. The second-order valence-electron chi connectivity index (χ2n) is 23.1. The minimum Gasteiger partial charge on any atom is -0.444 e. The highest BCUT2D eigenvalue weighted by Crippen LogP contribution is 2.30. The van der Waals surface area contributed by atoms with E-state index in [9.17, 15) is 19.2 Å². The number of amides is 2. The van der Waals surface area contributed by atoms with Crippen LogP contribution in [0.4, 0.5) is 21.0 Å². The largest absolute Gasteiger partial charge is 0.444 e. The highest BCUT2D eigenvalue weighted by molar-refractivity contribution is 6.03. The van der Waals surface area contributed by atoms with Crippen LogP contribution in [-0.4, -0.2) is 111 Å². The number of hydrogen-bond acceptors (Lipinski definition) is 9. The Balaban J connectivity index is 0.000000205. The Morgan fingerprint density at radius 3 is 1.50 bits per heavy atom. The van der Waals surface area contributed by atoms with Gasteiger partial charge in [-0.25, -0.2) is 9.59 Å². The lowest BCUT2D eigenvalue weighted by molar-refractivity contribution is 0.0143. The summed E-state index contributed by atoms with van der Waals surface area (Å²) in [5.41, 5.74) is 15.7. The summed E-state index contributed by atoms with van der Waals surface area (Å²) in [5.74, 6) is 0.0508. The number of ketones is 2. The fourth-order valence-electron chi connectivity index (χ4n) is 10.5. The number of nitrogen functional groups attached to an aromatic ring is 1. The number of ether oxygens (including phenoxy) is 2. The van der Waals surface area contributed by atoms with Crippen molar-refractivity contribution in [1.82, 2.24) is 23.8 Å². The number of carbonyl (C=O) groups excluding carboxylic acids is 4. The van der Waals surface area contributed by atoms with Gasteiger partial charge in [0, 0.05) is 122 Å². The van der Waals surface area contributed by atoms with Crippen LogP contribution in [0.15, 0.2) is 158 Å². The van der Waals surface area contributed by atoms with Gasteiger partial charge in [-0.1, -0.05) is 79.2 Å². The quantitative estimate of drug-likeness (QED) is 0.0757. The third kappa shape index (κ3) is 15.2. The van der Waals surface area contributed by atoms with E-state index in [0.717, 1.165) is 88.9 Å². The maximum absolute atomic E-state index is 13.7. The van der Waals surface area contributed by atoms with Gasteiger partial charge in [-0.15, -0.1) is 0 Å². The summed E-state index contributed by atoms with van der Waals surface area (Å²) in [4.78, 5) is 58.5. The number of hydrogen-bond donors (Lipinski definition) is 2. The van der Waals surface area contributed by atoms with Crippen molar-refractivity contribution in [2.45, 2.75) is 97.9 Å². The molecular formula is C67H77N7O6. The van der Waals surface area contributed by atoms with Crippen molar-refractivity contribution >= 4 is 56.9 Å². The topological polar surface area (TPSA) is 144 Å². The first kappa shape index (κ1) is 56.7. The maximum Gasteiger partial charge on any atom is 0.412 e. The lowest BCUT2D eigenvalue weighted by atomic mass is 9.96. The lowest BCUT2D eigenvalue weighted by Gasteiger charge is -2.35. The molecule has 416 valence electrons. The molecule has 0 unspecified atom stereocenters. The molecule has 4 heterocycles. The van der Waals surface area contributed by atoms with Crippen molar-refractivity contribution in [3.05, 3.63) is 180 Å². The predicted octanol–water partition coefficient (Wildman–Crippen LogP) is 13.4. The average Bonchev–Trinajstić information content (AvgIpc) is 4.06. The summed E-state index contributed by atoms with van der Waals surface area (Å²) in [6.45, 7) is 20.1. The van der Waals surface area contributed by atoms with Gasteiger partial charge in [-0.05, 0) is 174 Å². The molecular weight excluding hydrogens is 999 g/mol. The molecule has 6 aromatic carbocycles. The molecule has 8 aromatic rings. The Morgan fingerprint density at radius 1 is 0.487 bits per heavy atom. The Bertz CT molecular complexity index is 3430. The van der Waals surface area contributed by atoms with Crippen molar-refractivity contribution in [2.24, 2.45) is 0 Å². The summed E-state index contributed by atoms with van der Waals surface area (Å²) in [6.07, 6.45) is 7.80. The number of piperazine rings is 1. The average molecular weight is 1080 g/mol. The highest BCUT2D eigenvalue weighted by atomic mass is 16.6. The normalized spacial score (nSPS) is 14.3. The number of likely N-dealkylation sites (tertiary alicyclic amines) is 1. The number of nitrogens with one attached hydrogen (secondary N) is 1. The van der Waals surface area contributed by atoms with Gasteiger partial charge in [0.1, 0.15) is 11.2 Å². The number of carbonyl (C=O) groups is 4. The van der Waals surface area contributed by atoms with Crippen LogP contribution in [0.25, 0.3) is 44.1 Å². The van der Waals surface area contributed by atoms with Crippen molar-refractivity contribution < 1.29 is 28.7 Å². The maximum atomic E-state index is 13.7. The first-order valence-corrected chi connectivity index (χ1v) is 28.2. The number of nitrogens with two attached hydrogens (primary N) is 1. The van der Waals surface area contributed by atoms with Crippen LogP contribution in [0.5, 0.6) is 0 Å². The molecule has 13 nitrogen and oxygen atoms in total. The molecule has 2 fully saturated rings. The molecule has 2 aromatic heterocycles. The summed E-state index contributed by atoms with van der Waals surface area (Å²) in [6, 6.07) is 47.8. The molecule has 0 spiro atoms. The molecule has 2 aliphatic rings. The van der Waals surface area contributed by atoms with Crippen LogP contribution in [0.3, 0.4) is 0 Å². The summed E-state index contributed by atoms with van der Waals surface area (Å²) < 4.78 is 15.5. The summed E-state index contributed by atoms with van der Waals surface area (Å²) in [7, 11) is 0. The summed E-state index contributed by atoms with van der Waals surface area (Å²) >= 11 is 0. The van der Waals surface area contributed by atoms with E-state index in [0.29, 0.717) is 42.0 Å². The molecule has 0 radical (unpaired) electrons. The minimum atomic E-state index is -0.646. The van der Waals surface area contributed by atoms with Gasteiger partial charge in [0.25, 0.3) is 0 Å². The van der Waals surface area contributed by atoms with Gasteiger partial charge < -0.3 is 34.1 Å². The van der Waals surface area contributed by atoms with E-state index in [1.807, 2.05) is 163 Å². The van der Waals surface area contributed by atoms with Crippen LogP contribution in [0.1, 0.15) is 92.6 Å². The molecule has 10 rings (SSSR count). The number of Topliss-reactive ketones (excluding diaryl/α,β-unsaturated/α-hetero) is 2. The molecule has 2 amide bonds. The van der Waals surface area contributed by atoms with Crippen LogP contribution >= 0.6 is 0 Å². The Labute approximate surface area is 471 Å². The smallest absolute Gasteiger partial charge is 0.412 e. The van der Waals surface area contributed by atoms with Gasteiger partial charge in [0.05, 0.1) is 0 Å². The van der Waals surface area contributed by atoms with E-state index >= 15 is 0 Å². The predicted molar refractivity (Wildman–Crippen MR) is 323 cm³/mol. The number of nitrogens with zero attached hydrogens (tertiary/aromatic N) is 5. The van der Waals surface area contributed by atoms with Crippen molar-refractivity contribution in [3.63, 3.8) is 0 Å².